The average molecular weight is 253 g/mol. The summed E-state index contributed by atoms with van der Waals surface area (Å²) in [5, 5.41) is 7.69. The van der Waals surface area contributed by atoms with Crippen LogP contribution in [0.15, 0.2) is 24.5 Å². The van der Waals surface area contributed by atoms with E-state index in [1.54, 1.807) is 0 Å². The van der Waals surface area contributed by atoms with Gasteiger partial charge in [0.05, 0.1) is 11.1 Å². The van der Waals surface area contributed by atoms with E-state index in [-0.39, 0.29) is 17.1 Å². The molecule has 0 spiro atoms. The first kappa shape index (κ1) is 10.8. The number of anilines is 1. The van der Waals surface area contributed by atoms with Crippen molar-refractivity contribution < 1.29 is 13.2 Å². The number of nitrogens with two attached hydrogens (primary N) is 1. The van der Waals surface area contributed by atoms with Gasteiger partial charge < -0.3 is 5.73 Å². The van der Waals surface area contributed by atoms with Crippen molar-refractivity contribution in [2.75, 3.05) is 5.73 Å². The zero-order valence-corrected chi connectivity index (χ0v) is 8.81. The quantitative estimate of drug-likeness (QED) is 0.664. The van der Waals surface area contributed by atoms with Crippen LogP contribution in [-0.2, 0) is 6.18 Å². The fraction of sp³-hybridized carbons (Fsp3) is 0.100. The number of fused-ring (bicyclic) bond motifs is 3. The Morgan fingerprint density at radius 2 is 2.00 bits per heavy atom. The number of halogens is 3. The van der Waals surface area contributed by atoms with Crippen molar-refractivity contribution in [3.63, 3.8) is 0 Å². The first-order valence-electron chi connectivity index (χ1n) is 4.93. The van der Waals surface area contributed by atoms with E-state index in [9.17, 15) is 13.2 Å². The molecule has 3 aromatic rings. The highest BCUT2D eigenvalue weighted by atomic mass is 19.4. The van der Waals surface area contributed by atoms with Gasteiger partial charge in [-0.2, -0.15) is 18.2 Å². The molecule has 1 aromatic carbocycles. The van der Waals surface area contributed by atoms with Crippen LogP contribution in [0.3, 0.4) is 0 Å². The van der Waals surface area contributed by atoms with Gasteiger partial charge in [-0.3, -0.25) is 4.40 Å². The third-order valence-electron chi connectivity index (χ3n) is 2.61. The molecule has 0 amide bonds. The smallest absolute Gasteiger partial charge is 0.383 e. The van der Waals surface area contributed by atoms with Crippen molar-refractivity contribution in [1.82, 2.24) is 19.6 Å². The summed E-state index contributed by atoms with van der Waals surface area (Å²) >= 11 is 0. The largest absolute Gasteiger partial charge is 0.416 e. The Balaban J connectivity index is 2.44. The van der Waals surface area contributed by atoms with Crippen LogP contribution in [0, 0.1) is 0 Å². The minimum absolute atomic E-state index is 0.124. The van der Waals surface area contributed by atoms with Crippen molar-refractivity contribution >= 4 is 22.5 Å². The Morgan fingerprint density at radius 1 is 1.22 bits per heavy atom. The second-order valence-electron chi connectivity index (χ2n) is 3.73. The van der Waals surface area contributed by atoms with E-state index in [0.29, 0.717) is 5.39 Å². The van der Waals surface area contributed by atoms with E-state index < -0.39 is 11.7 Å². The van der Waals surface area contributed by atoms with Gasteiger partial charge in [-0.15, -0.1) is 10.2 Å². The maximum Gasteiger partial charge on any atom is 0.416 e. The van der Waals surface area contributed by atoms with Gasteiger partial charge in [0.1, 0.15) is 12.1 Å². The van der Waals surface area contributed by atoms with Crippen molar-refractivity contribution in [2.24, 2.45) is 0 Å². The van der Waals surface area contributed by atoms with Crippen LogP contribution in [0.5, 0.6) is 0 Å². The van der Waals surface area contributed by atoms with Crippen molar-refractivity contribution in [3.05, 3.63) is 30.1 Å². The lowest BCUT2D eigenvalue weighted by atomic mass is 10.1. The van der Waals surface area contributed by atoms with Gasteiger partial charge in [-0.25, -0.2) is 0 Å². The minimum atomic E-state index is -4.41. The molecule has 8 heteroatoms. The highest BCUT2D eigenvalue weighted by Crippen LogP contribution is 2.32. The maximum absolute atomic E-state index is 12.7. The summed E-state index contributed by atoms with van der Waals surface area (Å²) in [6.45, 7) is 0. The van der Waals surface area contributed by atoms with E-state index in [1.807, 2.05) is 0 Å². The average Bonchev–Trinajstić information content (AvgIpc) is 2.75. The molecule has 0 aliphatic rings. The van der Waals surface area contributed by atoms with Crippen LogP contribution in [0.1, 0.15) is 5.56 Å². The van der Waals surface area contributed by atoms with Gasteiger partial charge >= 0.3 is 6.18 Å². The monoisotopic (exact) mass is 253 g/mol. The fourth-order valence-electron chi connectivity index (χ4n) is 1.77. The first-order chi connectivity index (χ1) is 8.47. The maximum atomic E-state index is 12.7. The van der Waals surface area contributed by atoms with Crippen LogP contribution in [0.4, 0.5) is 19.0 Å². The number of aromatic nitrogens is 4. The number of hydrogen-bond donors (Lipinski definition) is 1. The summed E-state index contributed by atoms with van der Waals surface area (Å²) in [5.74, 6) is 0.290. The van der Waals surface area contributed by atoms with Gasteiger partial charge in [0.15, 0.2) is 0 Å². The normalized spacial score (nSPS) is 12.4. The van der Waals surface area contributed by atoms with E-state index in [4.69, 9.17) is 5.73 Å². The molecule has 2 N–H and O–H groups in total. The summed E-state index contributed by atoms with van der Waals surface area (Å²) in [6.07, 6.45) is -3.11. The number of benzene rings is 1. The standard InChI is InChI=1S/C10H6F3N5/c11-10(12,13)5-1-2-6-7(3-5)18-4-15-17-9(18)16-8(6)14/h1-4H,(H2,14,16,17). The number of rotatable bonds is 0. The molecule has 0 aliphatic heterocycles. The van der Waals surface area contributed by atoms with E-state index in [1.165, 1.54) is 16.8 Å². The molecule has 5 nitrogen and oxygen atoms in total. The van der Waals surface area contributed by atoms with Gasteiger partial charge in [-0.05, 0) is 18.2 Å². The third-order valence-corrected chi connectivity index (χ3v) is 2.61. The summed E-state index contributed by atoms with van der Waals surface area (Å²) in [4.78, 5) is 3.94. The molecule has 0 fully saturated rings. The molecule has 18 heavy (non-hydrogen) atoms. The molecular formula is C10H6F3N5. The van der Waals surface area contributed by atoms with Gasteiger partial charge in [0, 0.05) is 5.39 Å². The number of hydrogen-bond acceptors (Lipinski definition) is 4. The molecule has 0 atom stereocenters. The summed E-state index contributed by atoms with van der Waals surface area (Å²) < 4.78 is 39.3. The highest BCUT2D eigenvalue weighted by Gasteiger charge is 2.30. The van der Waals surface area contributed by atoms with Crippen LogP contribution < -0.4 is 5.73 Å². The number of nitrogens with zero attached hydrogens (tertiary/aromatic N) is 4. The van der Waals surface area contributed by atoms with Crippen molar-refractivity contribution in [3.8, 4) is 0 Å². The Labute approximate surface area is 98.1 Å². The number of alkyl halides is 3. The lowest BCUT2D eigenvalue weighted by molar-refractivity contribution is -0.137. The van der Waals surface area contributed by atoms with E-state index >= 15 is 0 Å². The number of nitrogen functional groups attached to an aromatic ring is 1. The molecule has 0 aliphatic carbocycles. The van der Waals surface area contributed by atoms with Gasteiger partial charge in [0.25, 0.3) is 5.78 Å². The first-order valence-corrected chi connectivity index (χ1v) is 4.93. The molecule has 0 saturated carbocycles. The molecule has 3 rings (SSSR count). The lowest BCUT2D eigenvalue weighted by Crippen LogP contribution is -2.06. The van der Waals surface area contributed by atoms with Crippen LogP contribution in [0.2, 0.25) is 0 Å². The molecule has 2 aromatic heterocycles. The zero-order chi connectivity index (χ0) is 12.9. The summed E-state index contributed by atoms with van der Waals surface area (Å²) in [5.41, 5.74) is 5.19. The molecule has 0 bridgehead atoms. The molecule has 0 saturated heterocycles. The molecule has 92 valence electrons. The Bertz CT molecular complexity index is 746. The predicted octanol–water partition coefficient (Wildman–Crippen LogP) is 1.88. The third kappa shape index (κ3) is 1.45. The van der Waals surface area contributed by atoms with Crippen molar-refractivity contribution in [1.29, 1.82) is 0 Å². The van der Waals surface area contributed by atoms with E-state index in [2.05, 4.69) is 15.2 Å². The Hall–Kier alpha value is -2.38. The van der Waals surface area contributed by atoms with Crippen LogP contribution >= 0.6 is 0 Å². The Morgan fingerprint density at radius 3 is 2.72 bits per heavy atom. The van der Waals surface area contributed by atoms with Gasteiger partial charge in [0.2, 0.25) is 0 Å². The molecule has 2 heterocycles. The summed E-state index contributed by atoms with van der Waals surface area (Å²) in [6, 6.07) is 3.26. The van der Waals surface area contributed by atoms with E-state index in [0.717, 1.165) is 12.1 Å². The second kappa shape index (κ2) is 3.31. The SMILES string of the molecule is Nc1nc2nncn2c2cc(C(F)(F)F)ccc12. The zero-order valence-electron chi connectivity index (χ0n) is 8.81. The van der Waals surface area contributed by atoms with Crippen LogP contribution in [-0.4, -0.2) is 19.6 Å². The fourth-order valence-corrected chi connectivity index (χ4v) is 1.77. The molecular weight excluding hydrogens is 247 g/mol. The minimum Gasteiger partial charge on any atom is -0.383 e. The molecule has 0 unspecified atom stereocenters. The summed E-state index contributed by atoms with van der Waals surface area (Å²) in [7, 11) is 0. The lowest BCUT2D eigenvalue weighted by Gasteiger charge is -2.09. The molecule has 0 radical (unpaired) electrons. The van der Waals surface area contributed by atoms with Crippen LogP contribution in [0.25, 0.3) is 16.7 Å². The second-order valence-corrected chi connectivity index (χ2v) is 3.73. The Kier molecular flexibility index (Phi) is 1.98. The highest BCUT2D eigenvalue weighted by molar-refractivity contribution is 5.90. The topological polar surface area (TPSA) is 69.1 Å². The predicted molar refractivity (Wildman–Crippen MR) is 57.7 cm³/mol. The van der Waals surface area contributed by atoms with Gasteiger partial charge in [-0.1, -0.05) is 0 Å². The van der Waals surface area contributed by atoms with Crippen molar-refractivity contribution in [2.45, 2.75) is 6.18 Å².